The summed E-state index contributed by atoms with van der Waals surface area (Å²) in [4.78, 5) is 38.0. The molecule has 0 saturated carbocycles. The van der Waals surface area contributed by atoms with Crippen molar-refractivity contribution >= 4 is 23.5 Å². The molecule has 0 atom stereocenters. The molecule has 1 aliphatic heterocycles. The molecule has 1 aliphatic rings. The standard InChI is InChI=1S/C26H28N4O3/c1-17-6-5-7-20(14-17)30-22(15-21(28-30)26(2,3)4)27-25(33)19-10-8-18(9-11-19)16-29-23(31)12-13-24(29)32/h5-11,14-15H,12-13,16H2,1-4H3,(H,27,33). The molecule has 0 spiro atoms. The number of amides is 3. The van der Waals surface area contributed by atoms with Crippen molar-refractivity contribution in [1.82, 2.24) is 14.7 Å². The molecule has 0 bridgehead atoms. The van der Waals surface area contributed by atoms with Crippen molar-refractivity contribution in [3.63, 3.8) is 0 Å². The highest BCUT2D eigenvalue weighted by molar-refractivity contribution is 6.04. The molecule has 1 fully saturated rings. The van der Waals surface area contributed by atoms with Crippen LogP contribution in [0.3, 0.4) is 0 Å². The number of carbonyl (C=O) groups is 3. The molecule has 7 heteroatoms. The van der Waals surface area contributed by atoms with Crippen LogP contribution >= 0.6 is 0 Å². The van der Waals surface area contributed by atoms with Crippen molar-refractivity contribution in [3.05, 3.63) is 77.0 Å². The maximum Gasteiger partial charge on any atom is 0.256 e. The van der Waals surface area contributed by atoms with Crippen LogP contribution < -0.4 is 5.32 Å². The molecule has 33 heavy (non-hydrogen) atoms. The van der Waals surface area contributed by atoms with Gasteiger partial charge in [0.2, 0.25) is 11.8 Å². The number of aromatic nitrogens is 2. The van der Waals surface area contributed by atoms with E-state index in [2.05, 4.69) is 26.1 Å². The van der Waals surface area contributed by atoms with E-state index in [0.29, 0.717) is 11.4 Å². The molecule has 2 heterocycles. The van der Waals surface area contributed by atoms with E-state index < -0.39 is 0 Å². The minimum atomic E-state index is -0.260. The Labute approximate surface area is 193 Å². The Morgan fingerprint density at radius 2 is 1.67 bits per heavy atom. The summed E-state index contributed by atoms with van der Waals surface area (Å²) in [5.74, 6) is 0.0266. The predicted molar refractivity (Wildman–Crippen MR) is 126 cm³/mol. The third-order valence-corrected chi connectivity index (χ3v) is 5.68. The summed E-state index contributed by atoms with van der Waals surface area (Å²) in [6, 6.07) is 16.8. The summed E-state index contributed by atoms with van der Waals surface area (Å²) in [6.07, 6.45) is 0.537. The third-order valence-electron chi connectivity index (χ3n) is 5.68. The summed E-state index contributed by atoms with van der Waals surface area (Å²) in [5.41, 5.74) is 3.94. The number of rotatable bonds is 5. The fourth-order valence-corrected chi connectivity index (χ4v) is 3.73. The van der Waals surface area contributed by atoms with Gasteiger partial charge in [0.05, 0.1) is 17.9 Å². The van der Waals surface area contributed by atoms with Gasteiger partial charge in [-0.15, -0.1) is 0 Å². The van der Waals surface area contributed by atoms with Crippen LogP contribution in [0.5, 0.6) is 0 Å². The zero-order chi connectivity index (χ0) is 23.8. The number of hydrogen-bond acceptors (Lipinski definition) is 4. The second-order valence-electron chi connectivity index (χ2n) is 9.44. The number of aryl methyl sites for hydroxylation is 1. The number of benzene rings is 2. The molecule has 7 nitrogen and oxygen atoms in total. The Bertz CT molecular complexity index is 1200. The number of nitrogens with zero attached hydrogens (tertiary/aromatic N) is 3. The smallest absolute Gasteiger partial charge is 0.256 e. The highest BCUT2D eigenvalue weighted by Gasteiger charge is 2.28. The lowest BCUT2D eigenvalue weighted by Gasteiger charge is -2.14. The lowest BCUT2D eigenvalue weighted by Crippen LogP contribution is -2.28. The fraction of sp³-hybridized carbons (Fsp3) is 0.308. The monoisotopic (exact) mass is 444 g/mol. The first-order valence-corrected chi connectivity index (χ1v) is 11.0. The molecular formula is C26H28N4O3. The van der Waals surface area contributed by atoms with Gasteiger partial charge >= 0.3 is 0 Å². The molecular weight excluding hydrogens is 416 g/mol. The lowest BCUT2D eigenvalue weighted by atomic mass is 9.92. The largest absolute Gasteiger partial charge is 0.306 e. The number of carbonyl (C=O) groups excluding carboxylic acids is 3. The quantitative estimate of drug-likeness (QED) is 0.592. The Hall–Kier alpha value is -3.74. The molecule has 1 saturated heterocycles. The SMILES string of the molecule is Cc1cccc(-n2nc(C(C)(C)C)cc2NC(=O)c2ccc(CN3C(=O)CCC3=O)cc2)c1. The Morgan fingerprint density at radius 3 is 2.27 bits per heavy atom. The zero-order valence-electron chi connectivity index (χ0n) is 19.4. The van der Waals surface area contributed by atoms with Gasteiger partial charge in [-0.3, -0.25) is 19.3 Å². The van der Waals surface area contributed by atoms with Crippen LogP contribution in [0.15, 0.2) is 54.6 Å². The van der Waals surface area contributed by atoms with E-state index in [0.717, 1.165) is 22.5 Å². The van der Waals surface area contributed by atoms with Crippen molar-refractivity contribution < 1.29 is 14.4 Å². The highest BCUT2D eigenvalue weighted by atomic mass is 16.2. The first-order chi connectivity index (χ1) is 15.6. The van der Waals surface area contributed by atoms with Crippen molar-refractivity contribution in [3.8, 4) is 5.69 Å². The Kier molecular flexibility index (Phi) is 5.89. The first kappa shape index (κ1) is 22.5. The van der Waals surface area contributed by atoms with Gasteiger partial charge in [-0.05, 0) is 42.3 Å². The van der Waals surface area contributed by atoms with Crippen molar-refractivity contribution in [1.29, 1.82) is 0 Å². The van der Waals surface area contributed by atoms with Crippen LogP contribution in [0.2, 0.25) is 0 Å². The second-order valence-corrected chi connectivity index (χ2v) is 9.44. The van der Waals surface area contributed by atoms with Gasteiger partial charge in [0.1, 0.15) is 5.82 Å². The van der Waals surface area contributed by atoms with E-state index in [4.69, 9.17) is 5.10 Å². The Morgan fingerprint density at radius 1 is 1.00 bits per heavy atom. The summed E-state index contributed by atoms with van der Waals surface area (Å²) in [5, 5.41) is 7.74. The van der Waals surface area contributed by atoms with Crippen molar-refractivity contribution in [2.24, 2.45) is 0 Å². The zero-order valence-corrected chi connectivity index (χ0v) is 19.4. The van der Waals surface area contributed by atoms with E-state index >= 15 is 0 Å². The van der Waals surface area contributed by atoms with E-state index in [1.54, 1.807) is 28.9 Å². The van der Waals surface area contributed by atoms with Crippen molar-refractivity contribution in [2.75, 3.05) is 5.32 Å². The number of imide groups is 1. The molecule has 0 radical (unpaired) electrons. The normalized spacial score (nSPS) is 14.1. The van der Waals surface area contributed by atoms with Crippen LogP contribution in [-0.4, -0.2) is 32.4 Å². The summed E-state index contributed by atoms with van der Waals surface area (Å²) in [7, 11) is 0. The number of anilines is 1. The minimum absolute atomic E-state index is 0.152. The van der Waals surface area contributed by atoms with E-state index in [9.17, 15) is 14.4 Å². The second kappa shape index (κ2) is 8.65. The average Bonchev–Trinajstić information content (AvgIpc) is 3.33. The lowest BCUT2D eigenvalue weighted by molar-refractivity contribution is -0.139. The first-order valence-electron chi connectivity index (χ1n) is 11.0. The van der Waals surface area contributed by atoms with Gasteiger partial charge in [-0.25, -0.2) is 4.68 Å². The van der Waals surface area contributed by atoms with Crippen LogP contribution in [0.1, 0.15) is 60.8 Å². The predicted octanol–water partition coefficient (Wildman–Crippen LogP) is 4.38. The van der Waals surface area contributed by atoms with Gasteiger partial charge < -0.3 is 5.32 Å². The third kappa shape index (κ3) is 4.87. The number of nitrogens with one attached hydrogen (secondary N) is 1. The van der Waals surface area contributed by atoms with Crippen LogP contribution in [0.25, 0.3) is 5.69 Å². The Balaban J connectivity index is 1.56. The summed E-state index contributed by atoms with van der Waals surface area (Å²) < 4.78 is 1.75. The molecule has 4 rings (SSSR count). The molecule has 170 valence electrons. The molecule has 3 amide bonds. The molecule has 0 aliphatic carbocycles. The maximum absolute atomic E-state index is 13.0. The van der Waals surface area contributed by atoms with E-state index in [1.165, 1.54) is 4.90 Å². The molecule has 3 aromatic rings. The average molecular weight is 445 g/mol. The molecule has 1 N–H and O–H groups in total. The van der Waals surface area contributed by atoms with Gasteiger partial charge in [-0.1, -0.05) is 45.0 Å². The summed E-state index contributed by atoms with van der Waals surface area (Å²) >= 11 is 0. The number of hydrogen-bond donors (Lipinski definition) is 1. The van der Waals surface area contributed by atoms with Gasteiger partial charge in [0, 0.05) is 29.9 Å². The molecule has 2 aromatic carbocycles. The van der Waals surface area contributed by atoms with Gasteiger partial charge in [-0.2, -0.15) is 5.10 Å². The number of likely N-dealkylation sites (tertiary alicyclic amines) is 1. The topological polar surface area (TPSA) is 84.3 Å². The van der Waals surface area contributed by atoms with Crippen molar-refractivity contribution in [2.45, 2.75) is 52.5 Å². The van der Waals surface area contributed by atoms with Crippen LogP contribution in [0, 0.1) is 6.92 Å². The van der Waals surface area contributed by atoms with Crippen LogP contribution in [0.4, 0.5) is 5.82 Å². The minimum Gasteiger partial charge on any atom is -0.306 e. The molecule has 0 unspecified atom stereocenters. The van der Waals surface area contributed by atoms with E-state index in [-0.39, 0.29) is 42.5 Å². The van der Waals surface area contributed by atoms with Gasteiger partial charge in [0.15, 0.2) is 0 Å². The summed E-state index contributed by atoms with van der Waals surface area (Å²) in [6.45, 7) is 8.48. The van der Waals surface area contributed by atoms with Crippen LogP contribution in [-0.2, 0) is 21.5 Å². The fourth-order valence-electron chi connectivity index (χ4n) is 3.73. The molecule has 1 aromatic heterocycles. The van der Waals surface area contributed by atoms with E-state index in [1.807, 2.05) is 37.3 Å². The maximum atomic E-state index is 13.0. The highest BCUT2D eigenvalue weighted by Crippen LogP contribution is 2.27. The van der Waals surface area contributed by atoms with Gasteiger partial charge in [0.25, 0.3) is 5.91 Å².